The van der Waals surface area contributed by atoms with Crippen molar-refractivity contribution in [3.8, 4) is 56.3 Å². The Morgan fingerprint density at radius 3 is 1.62 bits per heavy atom. The van der Waals surface area contributed by atoms with Crippen molar-refractivity contribution in [2.45, 2.75) is 0 Å². The Kier molecular flexibility index (Phi) is 8.65. The minimum Gasteiger partial charge on any atom is -0.551 e. The van der Waals surface area contributed by atoms with Crippen LogP contribution in [0.5, 0.6) is 17.2 Å². The summed E-state index contributed by atoms with van der Waals surface area (Å²) in [5.41, 5.74) is 12.3. The lowest BCUT2D eigenvalue weighted by molar-refractivity contribution is 0.479. The molecule has 0 radical (unpaired) electrons. The van der Waals surface area contributed by atoms with E-state index in [1.54, 1.807) is 0 Å². The second kappa shape index (κ2) is 15.0. The maximum Gasteiger partial charge on any atom is 0.434 e. The van der Waals surface area contributed by atoms with Crippen molar-refractivity contribution in [1.29, 1.82) is 0 Å². The van der Waals surface area contributed by atoms with Gasteiger partial charge in [-0.25, -0.2) is 0 Å². The van der Waals surface area contributed by atoms with Gasteiger partial charge in [-0.05, 0) is 91.5 Å². The molecule has 11 aromatic rings. The number of nitrogens with zero attached hydrogens (tertiary/aromatic N) is 1. The molecule has 3 heterocycles. The van der Waals surface area contributed by atoms with E-state index in [1.807, 2.05) is 6.07 Å². The van der Waals surface area contributed by atoms with Crippen molar-refractivity contribution < 1.29 is 9.39 Å². The summed E-state index contributed by atoms with van der Waals surface area (Å²) in [5.74, 6) is 2.51. The molecule has 0 bridgehead atoms. The normalized spacial score (nSPS) is 12.5. The third-order valence-corrected chi connectivity index (χ3v) is 18.4. The van der Waals surface area contributed by atoms with Gasteiger partial charge in [-0.2, -0.15) is 0 Å². The minimum atomic E-state index is -2.78. The highest BCUT2D eigenvalue weighted by molar-refractivity contribution is 7.19. The average Bonchev–Trinajstić information content (AvgIpc) is 3.72. The van der Waals surface area contributed by atoms with Gasteiger partial charge in [0, 0.05) is 32.8 Å². The summed E-state index contributed by atoms with van der Waals surface area (Å²) in [6, 6.07) is 88.5. The van der Waals surface area contributed by atoms with Gasteiger partial charge in [-0.1, -0.05) is 194 Å². The van der Waals surface area contributed by atoms with E-state index in [4.69, 9.17) is 9.39 Å². The first-order valence-electron chi connectivity index (χ1n) is 22.4. The number of rotatable bonds is 7. The fraction of sp³-hybridized carbons (Fsp3) is 0. The van der Waals surface area contributed by atoms with Gasteiger partial charge in [0.1, 0.15) is 17.2 Å². The number of aromatic nitrogens is 1. The van der Waals surface area contributed by atoms with Gasteiger partial charge >= 0.3 is 6.92 Å². The van der Waals surface area contributed by atoms with E-state index in [1.165, 1.54) is 42.6 Å². The quantitative estimate of drug-likeness (QED) is 0.118. The van der Waals surface area contributed by atoms with Crippen LogP contribution in [0, 0.1) is 0 Å². The number of hydrogen-bond acceptors (Lipinski definition) is 2. The molecule has 0 amide bonds. The molecule has 3 nitrogen and oxygen atoms in total. The molecule has 2 aliphatic heterocycles. The summed E-state index contributed by atoms with van der Waals surface area (Å²) >= 11 is 0. The molecule has 2 aliphatic rings. The first-order valence-corrected chi connectivity index (χ1v) is 24.4. The zero-order valence-corrected chi connectivity index (χ0v) is 36.4. The molecule has 0 aliphatic carbocycles. The molecule has 0 N–H and O–H groups in total. The second-order valence-electron chi connectivity index (χ2n) is 17.1. The molecular formula is C60H40BNO2Si. The molecule has 0 unspecified atom stereocenters. The molecule has 10 aromatic carbocycles. The Morgan fingerprint density at radius 2 is 0.923 bits per heavy atom. The van der Waals surface area contributed by atoms with Crippen molar-refractivity contribution in [3.05, 3.63) is 243 Å². The molecule has 0 saturated carbocycles. The number of ether oxygens (including phenoxy) is 1. The molecule has 1 aromatic heterocycles. The third kappa shape index (κ3) is 5.83. The van der Waals surface area contributed by atoms with Crippen LogP contribution in [0.4, 0.5) is 0 Å². The molecule has 0 saturated heterocycles. The van der Waals surface area contributed by atoms with Gasteiger partial charge in [0.05, 0.1) is 16.7 Å². The predicted octanol–water partition coefficient (Wildman–Crippen LogP) is 10.8. The Balaban J connectivity index is 1.02. The topological polar surface area (TPSA) is 23.4 Å². The highest BCUT2D eigenvalue weighted by Crippen LogP contribution is 2.44. The fourth-order valence-corrected chi connectivity index (χ4v) is 15.6. The summed E-state index contributed by atoms with van der Waals surface area (Å²) in [5, 5.41) is 7.84. The maximum absolute atomic E-state index is 7.05. The molecule has 65 heavy (non-hydrogen) atoms. The van der Waals surface area contributed by atoms with Crippen LogP contribution in [-0.2, 0) is 0 Å². The number of para-hydroxylation sites is 4. The number of fused-ring (bicyclic) bond motifs is 7. The Bertz CT molecular complexity index is 3470. The third-order valence-electron chi connectivity index (χ3n) is 13.6. The summed E-state index contributed by atoms with van der Waals surface area (Å²) in [6.45, 7) is -0.303. The summed E-state index contributed by atoms with van der Waals surface area (Å²) in [6.07, 6.45) is 0. The van der Waals surface area contributed by atoms with Crippen LogP contribution in [0.15, 0.2) is 243 Å². The van der Waals surface area contributed by atoms with E-state index in [9.17, 15) is 0 Å². The SMILES string of the molecule is c1ccc([Si](c2ccccc2)(c2ccccc2)c2cccc(-c3cc4c5c(c3)-c3cc(-c6ccccc6-n6c7ccccc7c7ccccc76)ccc3OB5c3ccccc3O4)c2)cc1. The highest BCUT2D eigenvalue weighted by Gasteiger charge is 2.43. The molecule has 13 rings (SSSR count). The van der Waals surface area contributed by atoms with Crippen LogP contribution in [0.2, 0.25) is 0 Å². The van der Waals surface area contributed by atoms with E-state index in [0.717, 1.165) is 67.2 Å². The van der Waals surface area contributed by atoms with Gasteiger partial charge in [-0.3, -0.25) is 0 Å². The van der Waals surface area contributed by atoms with Gasteiger partial charge in [-0.15, -0.1) is 0 Å². The Labute approximate surface area is 379 Å². The molecule has 0 atom stereocenters. The summed E-state index contributed by atoms with van der Waals surface area (Å²) < 4.78 is 16.4. The molecule has 0 spiro atoms. The molecule has 5 heteroatoms. The van der Waals surface area contributed by atoms with Gasteiger partial charge in [0.2, 0.25) is 0 Å². The van der Waals surface area contributed by atoms with E-state index < -0.39 is 8.07 Å². The van der Waals surface area contributed by atoms with Crippen molar-refractivity contribution >= 4 is 68.5 Å². The Morgan fingerprint density at radius 1 is 0.354 bits per heavy atom. The van der Waals surface area contributed by atoms with Crippen LogP contribution in [0.3, 0.4) is 0 Å². The van der Waals surface area contributed by atoms with Crippen LogP contribution in [-0.4, -0.2) is 19.6 Å². The number of hydrogen-bond donors (Lipinski definition) is 0. The number of benzene rings is 10. The lowest BCUT2D eigenvalue weighted by atomic mass is 9.50. The van der Waals surface area contributed by atoms with Crippen LogP contribution in [0.25, 0.3) is 60.9 Å². The predicted molar refractivity (Wildman–Crippen MR) is 273 cm³/mol. The zero-order valence-electron chi connectivity index (χ0n) is 35.4. The maximum atomic E-state index is 7.05. The standard InChI is InChI=1S/C60H40BNO2Si/c1-4-20-44(21-5-1)65(45-22-6-2-7-23-45,46-24-8-3-9-25-46)47-26-18-19-41(37-47)43-39-52-51-38-42(35-36-57(51)64-61-53-30-13-17-34-58(53)63-59(40-43)60(52)61)48-27-10-14-31-54(48)62-55-32-15-11-28-49(55)50-29-12-16-33-56(50)62/h1-40H. The van der Waals surface area contributed by atoms with Crippen molar-refractivity contribution in [3.63, 3.8) is 0 Å². The first-order chi connectivity index (χ1) is 32.2. The molecular weight excluding hydrogens is 806 g/mol. The van der Waals surface area contributed by atoms with Crippen LogP contribution in [0.1, 0.15) is 0 Å². The molecule has 304 valence electrons. The van der Waals surface area contributed by atoms with Crippen molar-refractivity contribution in [1.82, 2.24) is 4.57 Å². The Hall–Kier alpha value is -8.12. The second-order valence-corrected chi connectivity index (χ2v) is 20.9. The largest absolute Gasteiger partial charge is 0.551 e. The summed E-state index contributed by atoms with van der Waals surface area (Å²) in [7, 11) is -2.78. The van der Waals surface area contributed by atoms with Crippen LogP contribution < -0.4 is 41.1 Å². The average molecular weight is 846 g/mol. The van der Waals surface area contributed by atoms with E-state index in [2.05, 4.69) is 241 Å². The minimum absolute atomic E-state index is 0.303. The van der Waals surface area contributed by atoms with Gasteiger partial charge in [0.25, 0.3) is 0 Å². The lowest BCUT2D eigenvalue weighted by Gasteiger charge is -2.35. The van der Waals surface area contributed by atoms with Crippen LogP contribution >= 0.6 is 0 Å². The zero-order chi connectivity index (χ0) is 42.9. The fourth-order valence-electron chi connectivity index (χ4n) is 10.8. The van der Waals surface area contributed by atoms with Gasteiger partial charge < -0.3 is 14.0 Å². The lowest BCUT2D eigenvalue weighted by Crippen LogP contribution is -2.74. The van der Waals surface area contributed by atoms with E-state index in [-0.39, 0.29) is 6.92 Å². The molecule has 0 fully saturated rings. The smallest absolute Gasteiger partial charge is 0.434 e. The summed E-state index contributed by atoms with van der Waals surface area (Å²) in [4.78, 5) is 0. The van der Waals surface area contributed by atoms with Crippen molar-refractivity contribution in [2.75, 3.05) is 0 Å². The highest BCUT2D eigenvalue weighted by atomic mass is 28.3. The van der Waals surface area contributed by atoms with Gasteiger partial charge in [0.15, 0.2) is 8.07 Å². The van der Waals surface area contributed by atoms with E-state index >= 15 is 0 Å². The van der Waals surface area contributed by atoms with Crippen molar-refractivity contribution in [2.24, 2.45) is 0 Å². The van der Waals surface area contributed by atoms with E-state index in [0.29, 0.717) is 0 Å². The first kappa shape index (κ1) is 37.4. The monoisotopic (exact) mass is 845 g/mol.